The summed E-state index contributed by atoms with van der Waals surface area (Å²) in [6.07, 6.45) is 1.68. The molecule has 0 spiro atoms. The molecule has 1 aromatic heterocycles. The Morgan fingerprint density at radius 1 is 1.32 bits per heavy atom. The molecule has 0 aliphatic rings. The standard InChI is InChI=1S/C12H23N3O3S/c1-5-6-7-15(8-9-16)19(17,18)12-10(2)13-14(4)11(12)3/h16H,5-9H2,1-4H3. The van der Waals surface area contributed by atoms with E-state index in [-0.39, 0.29) is 18.0 Å². The van der Waals surface area contributed by atoms with Crippen molar-refractivity contribution >= 4 is 10.0 Å². The monoisotopic (exact) mass is 289 g/mol. The molecule has 19 heavy (non-hydrogen) atoms. The van der Waals surface area contributed by atoms with Crippen LogP contribution in [-0.2, 0) is 17.1 Å². The first-order chi connectivity index (χ1) is 8.86. The third-order valence-corrected chi connectivity index (χ3v) is 5.30. The maximum atomic E-state index is 12.6. The first-order valence-corrected chi connectivity index (χ1v) is 7.91. The van der Waals surface area contributed by atoms with Crippen LogP contribution in [-0.4, -0.2) is 47.3 Å². The Morgan fingerprint density at radius 2 is 1.95 bits per heavy atom. The first-order valence-electron chi connectivity index (χ1n) is 6.47. The Morgan fingerprint density at radius 3 is 2.37 bits per heavy atom. The van der Waals surface area contributed by atoms with Gasteiger partial charge >= 0.3 is 0 Å². The minimum Gasteiger partial charge on any atom is -0.395 e. The van der Waals surface area contributed by atoms with E-state index in [2.05, 4.69) is 5.10 Å². The average Bonchev–Trinajstić information content (AvgIpc) is 2.58. The summed E-state index contributed by atoms with van der Waals surface area (Å²) in [6, 6.07) is 0. The molecule has 0 amide bonds. The number of aliphatic hydroxyl groups is 1. The molecule has 0 radical (unpaired) electrons. The molecule has 0 aromatic carbocycles. The lowest BCUT2D eigenvalue weighted by molar-refractivity contribution is 0.252. The van der Waals surface area contributed by atoms with Gasteiger partial charge in [0.25, 0.3) is 0 Å². The van der Waals surface area contributed by atoms with Crippen LogP contribution in [0.1, 0.15) is 31.2 Å². The van der Waals surface area contributed by atoms with Crippen LogP contribution >= 0.6 is 0 Å². The fourth-order valence-corrected chi connectivity index (χ4v) is 3.92. The van der Waals surface area contributed by atoms with Crippen LogP contribution in [0.4, 0.5) is 0 Å². The molecule has 0 unspecified atom stereocenters. The van der Waals surface area contributed by atoms with E-state index in [1.807, 2.05) is 6.92 Å². The Hall–Kier alpha value is -0.920. The van der Waals surface area contributed by atoms with E-state index < -0.39 is 10.0 Å². The van der Waals surface area contributed by atoms with Crippen LogP contribution < -0.4 is 0 Å². The summed E-state index contributed by atoms with van der Waals surface area (Å²) in [5.41, 5.74) is 1.12. The predicted octanol–water partition coefficient (Wildman–Crippen LogP) is 0.820. The summed E-state index contributed by atoms with van der Waals surface area (Å²) in [6.45, 7) is 5.80. The second-order valence-electron chi connectivity index (χ2n) is 4.60. The van der Waals surface area contributed by atoms with Crippen molar-refractivity contribution in [1.29, 1.82) is 0 Å². The Bertz CT molecular complexity index is 523. The Balaban J connectivity index is 3.18. The fraction of sp³-hybridized carbons (Fsp3) is 0.750. The molecule has 0 atom stereocenters. The van der Waals surface area contributed by atoms with Crippen molar-refractivity contribution in [1.82, 2.24) is 14.1 Å². The first kappa shape index (κ1) is 16.1. The van der Waals surface area contributed by atoms with E-state index in [0.29, 0.717) is 17.9 Å². The minimum absolute atomic E-state index is 0.121. The highest BCUT2D eigenvalue weighted by molar-refractivity contribution is 7.89. The summed E-state index contributed by atoms with van der Waals surface area (Å²) in [7, 11) is -1.86. The van der Waals surface area contributed by atoms with Gasteiger partial charge in [0.1, 0.15) is 4.90 Å². The SMILES string of the molecule is CCCCN(CCO)S(=O)(=O)c1c(C)nn(C)c1C. The third kappa shape index (κ3) is 3.34. The topological polar surface area (TPSA) is 75.4 Å². The molecule has 1 rings (SSSR count). The normalized spacial score (nSPS) is 12.3. The number of hydrogen-bond acceptors (Lipinski definition) is 4. The van der Waals surface area contributed by atoms with Gasteiger partial charge in [0.2, 0.25) is 10.0 Å². The van der Waals surface area contributed by atoms with Gasteiger partial charge in [0.05, 0.1) is 18.0 Å². The van der Waals surface area contributed by atoms with Gasteiger partial charge in [-0.3, -0.25) is 4.68 Å². The molecule has 1 heterocycles. The van der Waals surface area contributed by atoms with Crippen LogP contribution in [0.25, 0.3) is 0 Å². The van der Waals surface area contributed by atoms with E-state index in [4.69, 9.17) is 5.11 Å². The van der Waals surface area contributed by atoms with E-state index in [1.54, 1.807) is 25.6 Å². The molecule has 110 valence electrons. The second kappa shape index (κ2) is 6.49. The molecule has 7 heteroatoms. The zero-order chi connectivity index (χ0) is 14.6. The maximum Gasteiger partial charge on any atom is 0.246 e. The zero-order valence-corrected chi connectivity index (χ0v) is 12.9. The van der Waals surface area contributed by atoms with Gasteiger partial charge in [-0.2, -0.15) is 9.40 Å². The van der Waals surface area contributed by atoms with Crippen molar-refractivity contribution in [3.05, 3.63) is 11.4 Å². The molecule has 1 N–H and O–H groups in total. The number of aliphatic hydroxyl groups excluding tert-OH is 1. The van der Waals surface area contributed by atoms with Gasteiger partial charge in [-0.1, -0.05) is 13.3 Å². The summed E-state index contributed by atoms with van der Waals surface area (Å²) in [5, 5.41) is 13.2. The largest absolute Gasteiger partial charge is 0.395 e. The highest BCUT2D eigenvalue weighted by Crippen LogP contribution is 2.23. The van der Waals surface area contributed by atoms with Gasteiger partial charge < -0.3 is 5.11 Å². The van der Waals surface area contributed by atoms with Gasteiger partial charge in [0, 0.05) is 20.1 Å². The number of sulfonamides is 1. The molecule has 1 aromatic rings. The summed E-state index contributed by atoms with van der Waals surface area (Å²) in [5.74, 6) is 0. The van der Waals surface area contributed by atoms with Crippen molar-refractivity contribution < 1.29 is 13.5 Å². The molecule has 0 fully saturated rings. The van der Waals surface area contributed by atoms with Crippen LogP contribution in [0.3, 0.4) is 0 Å². The minimum atomic E-state index is -3.59. The van der Waals surface area contributed by atoms with E-state index in [1.165, 1.54) is 4.31 Å². The van der Waals surface area contributed by atoms with E-state index >= 15 is 0 Å². The average molecular weight is 289 g/mol. The lowest BCUT2D eigenvalue weighted by Gasteiger charge is -2.21. The van der Waals surface area contributed by atoms with Crippen molar-refractivity contribution in [3.8, 4) is 0 Å². The van der Waals surface area contributed by atoms with Gasteiger partial charge in [0.15, 0.2) is 0 Å². The molecule has 6 nitrogen and oxygen atoms in total. The fourth-order valence-electron chi connectivity index (χ4n) is 2.05. The number of nitrogens with zero attached hydrogens (tertiary/aromatic N) is 3. The second-order valence-corrected chi connectivity index (χ2v) is 6.48. The molecule has 0 saturated carbocycles. The Kier molecular flexibility index (Phi) is 5.51. The number of unbranched alkanes of at least 4 members (excludes halogenated alkanes) is 1. The summed E-state index contributed by atoms with van der Waals surface area (Å²) in [4.78, 5) is 0.263. The third-order valence-electron chi connectivity index (χ3n) is 3.15. The number of aromatic nitrogens is 2. The van der Waals surface area contributed by atoms with Crippen molar-refractivity contribution in [2.24, 2.45) is 7.05 Å². The van der Waals surface area contributed by atoms with Gasteiger partial charge in [-0.05, 0) is 20.3 Å². The molecule has 0 aliphatic heterocycles. The van der Waals surface area contributed by atoms with Gasteiger partial charge in [-0.25, -0.2) is 8.42 Å². The van der Waals surface area contributed by atoms with Crippen LogP contribution in [0.2, 0.25) is 0 Å². The highest BCUT2D eigenvalue weighted by atomic mass is 32.2. The predicted molar refractivity (Wildman–Crippen MR) is 73.4 cm³/mol. The molecule has 0 aliphatic carbocycles. The number of aryl methyl sites for hydroxylation is 2. The molecular weight excluding hydrogens is 266 g/mol. The lowest BCUT2D eigenvalue weighted by Crippen LogP contribution is -2.35. The summed E-state index contributed by atoms with van der Waals surface area (Å²) >= 11 is 0. The van der Waals surface area contributed by atoms with Crippen molar-refractivity contribution in [2.45, 2.75) is 38.5 Å². The van der Waals surface area contributed by atoms with E-state index in [0.717, 1.165) is 12.8 Å². The smallest absolute Gasteiger partial charge is 0.246 e. The van der Waals surface area contributed by atoms with Crippen LogP contribution in [0.15, 0.2) is 4.90 Å². The van der Waals surface area contributed by atoms with E-state index in [9.17, 15) is 8.42 Å². The molecule has 0 saturated heterocycles. The number of rotatable bonds is 7. The number of hydrogen-bond donors (Lipinski definition) is 1. The van der Waals surface area contributed by atoms with Gasteiger partial charge in [-0.15, -0.1) is 0 Å². The maximum absolute atomic E-state index is 12.6. The van der Waals surface area contributed by atoms with Crippen LogP contribution in [0, 0.1) is 13.8 Å². The highest BCUT2D eigenvalue weighted by Gasteiger charge is 2.29. The molecular formula is C12H23N3O3S. The van der Waals surface area contributed by atoms with Crippen molar-refractivity contribution in [3.63, 3.8) is 0 Å². The van der Waals surface area contributed by atoms with Crippen LogP contribution in [0.5, 0.6) is 0 Å². The quantitative estimate of drug-likeness (QED) is 0.806. The lowest BCUT2D eigenvalue weighted by atomic mass is 10.3. The van der Waals surface area contributed by atoms with Crippen molar-refractivity contribution in [2.75, 3.05) is 19.7 Å². The summed E-state index contributed by atoms with van der Waals surface area (Å²) < 4.78 is 28.2. The Labute approximate surface area is 115 Å². The zero-order valence-electron chi connectivity index (χ0n) is 12.0. The molecule has 0 bridgehead atoms.